The Labute approximate surface area is 178 Å². The highest BCUT2D eigenvalue weighted by atomic mass is 32.2. The third-order valence-electron chi connectivity index (χ3n) is 4.43. The molecule has 152 valence electrons. The lowest BCUT2D eigenvalue weighted by molar-refractivity contribution is -0.113. The normalized spacial score (nSPS) is 10.7. The molecule has 2 aromatic carbocycles. The van der Waals surface area contributed by atoms with E-state index in [0.717, 1.165) is 11.1 Å². The lowest BCUT2D eigenvalue weighted by Gasteiger charge is -2.12. The summed E-state index contributed by atoms with van der Waals surface area (Å²) >= 11 is 1.32. The lowest BCUT2D eigenvalue weighted by Crippen LogP contribution is -2.16. The number of benzene rings is 2. The minimum absolute atomic E-state index is 0.146. The van der Waals surface area contributed by atoms with Gasteiger partial charge in [0.25, 0.3) is 0 Å². The highest BCUT2D eigenvalue weighted by molar-refractivity contribution is 7.99. The first kappa shape index (κ1) is 19.8. The molecule has 0 saturated carbocycles. The Morgan fingerprint density at radius 2 is 1.83 bits per heavy atom. The van der Waals surface area contributed by atoms with E-state index in [1.807, 2.05) is 89.3 Å². The van der Waals surface area contributed by atoms with Gasteiger partial charge in [-0.2, -0.15) is 0 Å². The highest BCUT2D eigenvalue weighted by Crippen LogP contribution is 2.27. The molecule has 30 heavy (non-hydrogen) atoms. The Kier molecular flexibility index (Phi) is 5.85. The molecule has 0 bridgehead atoms. The maximum Gasteiger partial charge on any atom is 0.234 e. The molecule has 1 amide bonds. The fraction of sp³-hybridized carbons (Fsp3) is 0.136. The highest BCUT2D eigenvalue weighted by Gasteiger charge is 2.17. The number of rotatable bonds is 7. The van der Waals surface area contributed by atoms with Gasteiger partial charge in [-0.15, -0.1) is 10.2 Å². The van der Waals surface area contributed by atoms with E-state index in [9.17, 15) is 4.79 Å². The topological polar surface area (TPSA) is 74.0 Å². The maximum absolute atomic E-state index is 12.6. The zero-order chi connectivity index (χ0) is 20.9. The Bertz CT molecular complexity index is 1140. The van der Waals surface area contributed by atoms with Crippen LogP contribution < -0.4 is 10.1 Å². The molecule has 4 aromatic rings. The van der Waals surface area contributed by atoms with Crippen molar-refractivity contribution < 1.29 is 9.53 Å². The van der Waals surface area contributed by atoms with Crippen molar-refractivity contribution in [2.75, 3.05) is 18.2 Å². The lowest BCUT2D eigenvalue weighted by atomic mass is 10.2. The molecule has 1 N–H and O–H groups in total. The second-order valence-electron chi connectivity index (χ2n) is 6.59. The van der Waals surface area contributed by atoms with E-state index in [2.05, 4.69) is 15.5 Å². The van der Waals surface area contributed by atoms with Gasteiger partial charge in [-0.1, -0.05) is 48.2 Å². The fourth-order valence-electron chi connectivity index (χ4n) is 3.03. The fourth-order valence-corrected chi connectivity index (χ4v) is 3.76. The van der Waals surface area contributed by atoms with Gasteiger partial charge in [0.1, 0.15) is 5.75 Å². The van der Waals surface area contributed by atoms with Crippen molar-refractivity contribution >= 4 is 23.4 Å². The molecule has 7 nitrogen and oxygen atoms in total. The molecule has 0 atom stereocenters. The van der Waals surface area contributed by atoms with Crippen LogP contribution in [0.4, 0.5) is 5.69 Å². The predicted octanol–water partition coefficient (Wildman–Crippen LogP) is 4.11. The zero-order valence-electron chi connectivity index (χ0n) is 16.6. The Morgan fingerprint density at radius 3 is 2.57 bits per heavy atom. The summed E-state index contributed by atoms with van der Waals surface area (Å²) in [5.74, 6) is 1.37. The number of carbonyl (C=O) groups is 1. The van der Waals surface area contributed by atoms with Crippen molar-refractivity contribution in [3.05, 3.63) is 78.6 Å². The number of anilines is 1. The third kappa shape index (κ3) is 4.23. The van der Waals surface area contributed by atoms with Gasteiger partial charge < -0.3 is 10.1 Å². The van der Waals surface area contributed by atoms with Crippen LogP contribution >= 0.6 is 11.8 Å². The summed E-state index contributed by atoms with van der Waals surface area (Å²) in [7, 11) is 1.58. The standard InChI is InChI=1S/C22H21N5O2S/c1-16-10-11-19(29-2)18(14-16)23-20(28)15-30-22-25-24-21(17-8-4-3-5-9-17)27(22)26-12-6-7-13-26/h3-14H,15H2,1-2H3,(H,23,28). The van der Waals surface area contributed by atoms with E-state index < -0.39 is 0 Å². The van der Waals surface area contributed by atoms with Gasteiger partial charge in [-0.05, 0) is 36.8 Å². The van der Waals surface area contributed by atoms with Crippen molar-refractivity contribution in [1.82, 2.24) is 19.5 Å². The number of methoxy groups -OCH3 is 1. The first-order valence-electron chi connectivity index (χ1n) is 9.37. The molecule has 0 aliphatic heterocycles. The van der Waals surface area contributed by atoms with Crippen molar-refractivity contribution in [3.63, 3.8) is 0 Å². The number of nitrogens with one attached hydrogen (secondary N) is 1. The van der Waals surface area contributed by atoms with Crippen molar-refractivity contribution in [3.8, 4) is 17.1 Å². The van der Waals surface area contributed by atoms with Crippen molar-refractivity contribution in [2.24, 2.45) is 0 Å². The van der Waals surface area contributed by atoms with E-state index in [4.69, 9.17) is 4.74 Å². The van der Waals surface area contributed by atoms with Crippen LogP contribution in [0.5, 0.6) is 5.75 Å². The van der Waals surface area contributed by atoms with Gasteiger partial charge in [-0.3, -0.25) is 9.47 Å². The van der Waals surface area contributed by atoms with Gasteiger partial charge in [-0.25, -0.2) is 4.68 Å². The molecular formula is C22H21N5O2S. The molecule has 0 unspecified atom stereocenters. The molecule has 0 radical (unpaired) electrons. The Hall–Kier alpha value is -3.52. The summed E-state index contributed by atoms with van der Waals surface area (Å²) in [6.45, 7) is 1.97. The summed E-state index contributed by atoms with van der Waals surface area (Å²) in [6, 6.07) is 19.4. The second-order valence-corrected chi connectivity index (χ2v) is 7.53. The predicted molar refractivity (Wildman–Crippen MR) is 118 cm³/mol. The summed E-state index contributed by atoms with van der Waals surface area (Å²) in [4.78, 5) is 12.6. The van der Waals surface area contributed by atoms with Gasteiger partial charge in [0, 0.05) is 18.0 Å². The summed E-state index contributed by atoms with van der Waals surface area (Å²) < 4.78 is 9.12. The van der Waals surface area contributed by atoms with Crippen LogP contribution in [-0.2, 0) is 4.79 Å². The molecule has 2 heterocycles. The van der Waals surface area contributed by atoms with Crippen LogP contribution in [-0.4, -0.2) is 38.3 Å². The van der Waals surface area contributed by atoms with Crippen molar-refractivity contribution in [1.29, 1.82) is 0 Å². The number of amides is 1. The molecule has 4 rings (SSSR count). The molecule has 0 aliphatic rings. The molecule has 0 aliphatic carbocycles. The molecule has 8 heteroatoms. The van der Waals surface area contributed by atoms with Crippen molar-refractivity contribution in [2.45, 2.75) is 12.1 Å². The Balaban J connectivity index is 1.55. The molecule has 2 aromatic heterocycles. The van der Waals surface area contributed by atoms with Gasteiger partial charge in [0.2, 0.25) is 11.1 Å². The van der Waals surface area contributed by atoms with E-state index in [0.29, 0.717) is 22.4 Å². The number of hydrogen-bond acceptors (Lipinski definition) is 5. The van der Waals surface area contributed by atoms with Crippen LogP contribution in [0.1, 0.15) is 5.56 Å². The first-order valence-corrected chi connectivity index (χ1v) is 10.4. The van der Waals surface area contributed by atoms with Crippen LogP contribution in [0.2, 0.25) is 0 Å². The molecule has 0 spiro atoms. The number of aromatic nitrogens is 4. The number of aryl methyl sites for hydroxylation is 1. The van der Waals surface area contributed by atoms with Gasteiger partial charge >= 0.3 is 0 Å². The zero-order valence-corrected chi connectivity index (χ0v) is 17.5. The van der Waals surface area contributed by atoms with Gasteiger partial charge in [0.15, 0.2) is 5.82 Å². The maximum atomic E-state index is 12.6. The molecule has 0 fully saturated rings. The second kappa shape index (κ2) is 8.87. The first-order chi connectivity index (χ1) is 14.7. The van der Waals surface area contributed by atoms with Crippen LogP contribution in [0.3, 0.4) is 0 Å². The number of hydrogen-bond donors (Lipinski definition) is 1. The molecule has 0 saturated heterocycles. The van der Waals surface area contributed by atoms with E-state index in [1.54, 1.807) is 7.11 Å². The Morgan fingerprint density at radius 1 is 1.07 bits per heavy atom. The summed E-state index contributed by atoms with van der Waals surface area (Å²) in [6.07, 6.45) is 3.83. The van der Waals surface area contributed by atoms with E-state index in [1.165, 1.54) is 11.8 Å². The SMILES string of the molecule is COc1ccc(C)cc1NC(=O)CSc1nnc(-c2ccccc2)n1-n1cccc1. The number of thioether (sulfide) groups is 1. The summed E-state index contributed by atoms with van der Waals surface area (Å²) in [5.41, 5.74) is 2.64. The number of ether oxygens (including phenoxy) is 1. The quantitative estimate of drug-likeness (QED) is 0.457. The average Bonchev–Trinajstić information content (AvgIpc) is 3.42. The largest absolute Gasteiger partial charge is 0.495 e. The smallest absolute Gasteiger partial charge is 0.234 e. The van der Waals surface area contributed by atoms with Crippen LogP contribution in [0, 0.1) is 6.92 Å². The molecular weight excluding hydrogens is 398 g/mol. The average molecular weight is 420 g/mol. The monoisotopic (exact) mass is 419 g/mol. The van der Waals surface area contributed by atoms with E-state index in [-0.39, 0.29) is 11.7 Å². The van der Waals surface area contributed by atoms with E-state index >= 15 is 0 Å². The summed E-state index contributed by atoms with van der Waals surface area (Å²) in [5, 5.41) is 12.2. The number of carbonyl (C=O) groups excluding carboxylic acids is 1. The number of nitrogens with zero attached hydrogens (tertiary/aromatic N) is 4. The van der Waals surface area contributed by atoms with Crippen LogP contribution in [0.15, 0.2) is 78.2 Å². The minimum atomic E-state index is -0.146. The van der Waals surface area contributed by atoms with Gasteiger partial charge in [0.05, 0.1) is 18.6 Å². The third-order valence-corrected chi connectivity index (χ3v) is 5.34. The van der Waals surface area contributed by atoms with Crippen LogP contribution in [0.25, 0.3) is 11.4 Å². The minimum Gasteiger partial charge on any atom is -0.495 e.